The SMILES string of the molecule is Cc1nc(Nc2ccccc2Cl)cc(C(=O)NCc2ccccc2)n1. The van der Waals surface area contributed by atoms with Crippen LogP contribution in [0.3, 0.4) is 0 Å². The molecular formula is C19H17ClN4O. The predicted octanol–water partition coefficient (Wildman–Crippen LogP) is 4.11. The zero-order valence-corrected chi connectivity index (χ0v) is 14.4. The first-order valence-electron chi connectivity index (χ1n) is 7.81. The van der Waals surface area contributed by atoms with Crippen LogP contribution in [0.4, 0.5) is 11.5 Å². The number of aromatic nitrogens is 2. The Morgan fingerprint density at radius 3 is 2.52 bits per heavy atom. The zero-order chi connectivity index (χ0) is 17.6. The maximum absolute atomic E-state index is 12.4. The van der Waals surface area contributed by atoms with Crippen LogP contribution in [-0.4, -0.2) is 15.9 Å². The third-order valence-electron chi connectivity index (χ3n) is 3.50. The van der Waals surface area contributed by atoms with Gasteiger partial charge < -0.3 is 10.6 Å². The van der Waals surface area contributed by atoms with Gasteiger partial charge in [-0.25, -0.2) is 9.97 Å². The highest BCUT2D eigenvalue weighted by Gasteiger charge is 2.11. The number of carbonyl (C=O) groups excluding carboxylic acids is 1. The van der Waals surface area contributed by atoms with Gasteiger partial charge in [-0.2, -0.15) is 0 Å². The molecule has 0 saturated carbocycles. The van der Waals surface area contributed by atoms with Gasteiger partial charge in [-0.05, 0) is 24.6 Å². The van der Waals surface area contributed by atoms with Crippen LogP contribution < -0.4 is 10.6 Å². The quantitative estimate of drug-likeness (QED) is 0.725. The van der Waals surface area contributed by atoms with Crippen molar-refractivity contribution in [3.8, 4) is 0 Å². The minimum absolute atomic E-state index is 0.253. The molecule has 0 radical (unpaired) electrons. The number of hydrogen-bond acceptors (Lipinski definition) is 4. The molecule has 0 atom stereocenters. The van der Waals surface area contributed by atoms with Gasteiger partial charge in [-0.1, -0.05) is 54.1 Å². The molecule has 5 nitrogen and oxygen atoms in total. The van der Waals surface area contributed by atoms with E-state index in [-0.39, 0.29) is 5.91 Å². The minimum Gasteiger partial charge on any atom is -0.347 e. The molecule has 0 fully saturated rings. The van der Waals surface area contributed by atoms with Crippen molar-refractivity contribution in [2.75, 3.05) is 5.32 Å². The van der Waals surface area contributed by atoms with Crippen molar-refractivity contribution in [1.29, 1.82) is 0 Å². The first-order valence-corrected chi connectivity index (χ1v) is 8.19. The summed E-state index contributed by atoms with van der Waals surface area (Å²) in [4.78, 5) is 20.9. The molecule has 0 saturated heterocycles. The predicted molar refractivity (Wildman–Crippen MR) is 99.1 cm³/mol. The molecule has 1 amide bonds. The van der Waals surface area contributed by atoms with Gasteiger partial charge in [-0.15, -0.1) is 0 Å². The monoisotopic (exact) mass is 352 g/mol. The molecule has 3 rings (SSSR count). The van der Waals surface area contributed by atoms with E-state index in [9.17, 15) is 4.79 Å². The van der Waals surface area contributed by atoms with Gasteiger partial charge in [-0.3, -0.25) is 4.79 Å². The first-order chi connectivity index (χ1) is 12.1. The number of carbonyl (C=O) groups is 1. The molecule has 0 bridgehead atoms. The number of amides is 1. The number of rotatable bonds is 5. The number of hydrogen-bond donors (Lipinski definition) is 2. The Balaban J connectivity index is 1.74. The lowest BCUT2D eigenvalue weighted by Gasteiger charge is -2.10. The third-order valence-corrected chi connectivity index (χ3v) is 3.83. The molecule has 0 aliphatic carbocycles. The van der Waals surface area contributed by atoms with E-state index >= 15 is 0 Å². The summed E-state index contributed by atoms with van der Waals surface area (Å²) in [6.45, 7) is 2.18. The summed E-state index contributed by atoms with van der Waals surface area (Å²) in [6, 6.07) is 18.7. The second kappa shape index (κ2) is 7.77. The highest BCUT2D eigenvalue weighted by Crippen LogP contribution is 2.24. The van der Waals surface area contributed by atoms with Crippen molar-refractivity contribution in [2.24, 2.45) is 0 Å². The normalized spacial score (nSPS) is 10.3. The molecule has 0 unspecified atom stereocenters. The Kier molecular flexibility index (Phi) is 5.26. The van der Waals surface area contributed by atoms with Crippen LogP contribution in [0, 0.1) is 6.92 Å². The summed E-state index contributed by atoms with van der Waals surface area (Å²) >= 11 is 6.15. The summed E-state index contributed by atoms with van der Waals surface area (Å²) in [5, 5.41) is 6.56. The Labute approximate surface area is 151 Å². The molecule has 2 N–H and O–H groups in total. The maximum atomic E-state index is 12.4. The van der Waals surface area contributed by atoms with E-state index in [0.717, 1.165) is 11.3 Å². The zero-order valence-electron chi connectivity index (χ0n) is 13.7. The van der Waals surface area contributed by atoms with E-state index in [1.165, 1.54) is 0 Å². The smallest absolute Gasteiger partial charge is 0.270 e. The highest BCUT2D eigenvalue weighted by atomic mass is 35.5. The van der Waals surface area contributed by atoms with Crippen LogP contribution in [0.25, 0.3) is 0 Å². The van der Waals surface area contributed by atoms with Gasteiger partial charge in [0.15, 0.2) is 0 Å². The molecule has 2 aromatic carbocycles. The Hall–Kier alpha value is -2.92. The average Bonchev–Trinajstić information content (AvgIpc) is 2.62. The van der Waals surface area contributed by atoms with E-state index < -0.39 is 0 Å². The lowest BCUT2D eigenvalue weighted by molar-refractivity contribution is 0.0945. The van der Waals surface area contributed by atoms with E-state index in [4.69, 9.17) is 11.6 Å². The molecule has 1 heterocycles. The average molecular weight is 353 g/mol. The van der Waals surface area contributed by atoms with E-state index in [0.29, 0.717) is 28.9 Å². The number of para-hydroxylation sites is 1. The molecule has 0 aliphatic heterocycles. The standard InChI is InChI=1S/C19H17ClN4O/c1-13-22-17(19(25)21-12-14-7-3-2-4-8-14)11-18(23-13)24-16-10-6-5-9-15(16)20/h2-11H,12H2,1H3,(H,21,25)(H,22,23,24). The van der Waals surface area contributed by atoms with Crippen LogP contribution >= 0.6 is 11.6 Å². The number of nitrogens with zero attached hydrogens (tertiary/aromatic N) is 2. The summed E-state index contributed by atoms with van der Waals surface area (Å²) < 4.78 is 0. The lowest BCUT2D eigenvalue weighted by atomic mass is 10.2. The Morgan fingerprint density at radius 1 is 1.04 bits per heavy atom. The molecular weight excluding hydrogens is 336 g/mol. The van der Waals surface area contributed by atoms with Crippen LogP contribution in [0.15, 0.2) is 60.7 Å². The van der Waals surface area contributed by atoms with Gasteiger partial charge in [0.25, 0.3) is 5.91 Å². The topological polar surface area (TPSA) is 66.9 Å². The van der Waals surface area contributed by atoms with Gasteiger partial charge in [0.1, 0.15) is 17.3 Å². The van der Waals surface area contributed by atoms with Gasteiger partial charge in [0, 0.05) is 12.6 Å². The molecule has 25 heavy (non-hydrogen) atoms. The highest BCUT2D eigenvalue weighted by molar-refractivity contribution is 6.33. The number of benzene rings is 2. The second-order valence-corrected chi connectivity index (χ2v) is 5.87. The molecule has 126 valence electrons. The van der Waals surface area contributed by atoms with Crippen molar-refractivity contribution < 1.29 is 4.79 Å². The summed E-state index contributed by atoms with van der Waals surface area (Å²) in [6.07, 6.45) is 0. The van der Waals surface area contributed by atoms with Crippen molar-refractivity contribution in [1.82, 2.24) is 15.3 Å². The van der Waals surface area contributed by atoms with Crippen molar-refractivity contribution in [2.45, 2.75) is 13.5 Å². The number of halogens is 1. The summed E-state index contributed by atoms with van der Waals surface area (Å²) in [5.41, 5.74) is 2.05. The molecule has 6 heteroatoms. The van der Waals surface area contributed by atoms with Crippen LogP contribution in [0.2, 0.25) is 5.02 Å². The minimum atomic E-state index is -0.253. The number of nitrogens with one attached hydrogen (secondary N) is 2. The van der Waals surface area contributed by atoms with Crippen molar-refractivity contribution in [3.63, 3.8) is 0 Å². The van der Waals surface area contributed by atoms with Crippen LogP contribution in [0.1, 0.15) is 21.9 Å². The van der Waals surface area contributed by atoms with Crippen LogP contribution in [0.5, 0.6) is 0 Å². The van der Waals surface area contributed by atoms with Crippen LogP contribution in [-0.2, 0) is 6.54 Å². The summed E-state index contributed by atoms with van der Waals surface area (Å²) in [5.74, 6) is 0.768. The molecule has 0 aliphatic rings. The Bertz CT molecular complexity index is 884. The maximum Gasteiger partial charge on any atom is 0.270 e. The number of aryl methyl sites for hydroxylation is 1. The van der Waals surface area contributed by atoms with E-state index in [2.05, 4.69) is 20.6 Å². The summed E-state index contributed by atoms with van der Waals surface area (Å²) in [7, 11) is 0. The van der Waals surface area contributed by atoms with Crippen molar-refractivity contribution >= 4 is 29.0 Å². The van der Waals surface area contributed by atoms with Gasteiger partial charge in [0.05, 0.1) is 10.7 Å². The fourth-order valence-corrected chi connectivity index (χ4v) is 2.50. The molecule has 3 aromatic rings. The van der Waals surface area contributed by atoms with E-state index in [1.54, 1.807) is 19.1 Å². The fourth-order valence-electron chi connectivity index (χ4n) is 2.32. The first kappa shape index (κ1) is 16.9. The van der Waals surface area contributed by atoms with Gasteiger partial charge >= 0.3 is 0 Å². The third kappa shape index (κ3) is 4.55. The lowest BCUT2D eigenvalue weighted by Crippen LogP contribution is -2.24. The second-order valence-electron chi connectivity index (χ2n) is 5.46. The fraction of sp³-hybridized carbons (Fsp3) is 0.105. The van der Waals surface area contributed by atoms with Crippen molar-refractivity contribution in [3.05, 3.63) is 82.8 Å². The number of anilines is 2. The van der Waals surface area contributed by atoms with E-state index in [1.807, 2.05) is 48.5 Å². The van der Waals surface area contributed by atoms with Gasteiger partial charge in [0.2, 0.25) is 0 Å². The molecule has 0 spiro atoms. The largest absolute Gasteiger partial charge is 0.347 e. The molecule has 1 aromatic heterocycles. The Morgan fingerprint density at radius 2 is 1.76 bits per heavy atom.